The molecule has 0 radical (unpaired) electrons. The van der Waals surface area contributed by atoms with E-state index >= 15 is 0 Å². The van der Waals surface area contributed by atoms with Crippen molar-refractivity contribution >= 4 is 0 Å². The highest BCUT2D eigenvalue weighted by molar-refractivity contribution is 5.31. The third-order valence-corrected chi connectivity index (χ3v) is 2.51. The summed E-state index contributed by atoms with van der Waals surface area (Å²) in [5, 5.41) is 0. The van der Waals surface area contributed by atoms with E-state index in [4.69, 9.17) is 10.5 Å². The molecule has 2 unspecified atom stereocenters. The Morgan fingerprint density at radius 3 is 2.21 bits per heavy atom. The summed E-state index contributed by atoms with van der Waals surface area (Å²) >= 11 is 0. The van der Waals surface area contributed by atoms with Gasteiger partial charge in [-0.25, -0.2) is 4.39 Å². The highest BCUT2D eigenvalue weighted by Gasteiger charge is 2.30. The molecule has 1 aromatic carbocycles. The second-order valence-corrected chi connectivity index (χ2v) is 3.59. The fourth-order valence-electron chi connectivity index (χ4n) is 1.18. The maximum Gasteiger partial charge on any atom is 0.147 e. The Hall–Kier alpha value is -1.09. The summed E-state index contributed by atoms with van der Waals surface area (Å²) in [5.74, 6) is 0.717. The van der Waals surface area contributed by atoms with Crippen molar-refractivity contribution in [3.05, 3.63) is 29.8 Å². The van der Waals surface area contributed by atoms with Crippen molar-refractivity contribution in [3.8, 4) is 5.75 Å². The lowest BCUT2D eigenvalue weighted by Crippen LogP contribution is -2.36. The Balaban J connectivity index is 2.97. The third-order valence-electron chi connectivity index (χ3n) is 2.51. The van der Waals surface area contributed by atoms with Gasteiger partial charge in [0.05, 0.1) is 7.11 Å². The fraction of sp³-hybridized carbons (Fsp3) is 0.455. The Labute approximate surface area is 83.9 Å². The molecule has 2 atom stereocenters. The van der Waals surface area contributed by atoms with Crippen molar-refractivity contribution in [3.63, 3.8) is 0 Å². The van der Waals surface area contributed by atoms with E-state index in [2.05, 4.69) is 0 Å². The molecule has 0 saturated heterocycles. The molecule has 78 valence electrons. The number of methoxy groups -OCH3 is 1. The zero-order valence-corrected chi connectivity index (χ0v) is 8.75. The van der Waals surface area contributed by atoms with Crippen LogP contribution >= 0.6 is 0 Å². The van der Waals surface area contributed by atoms with E-state index in [0.717, 1.165) is 0 Å². The minimum absolute atomic E-state index is 0.532. The topological polar surface area (TPSA) is 35.2 Å². The van der Waals surface area contributed by atoms with Crippen LogP contribution in [-0.2, 0) is 5.67 Å². The summed E-state index contributed by atoms with van der Waals surface area (Å²) in [6.07, 6.45) is 0. The van der Waals surface area contributed by atoms with Crippen molar-refractivity contribution in [1.29, 1.82) is 0 Å². The van der Waals surface area contributed by atoms with E-state index in [9.17, 15) is 4.39 Å². The Bertz CT molecular complexity index is 293. The van der Waals surface area contributed by atoms with E-state index in [1.807, 2.05) is 0 Å². The van der Waals surface area contributed by atoms with Crippen molar-refractivity contribution in [2.24, 2.45) is 5.73 Å². The molecule has 0 aromatic heterocycles. The summed E-state index contributed by atoms with van der Waals surface area (Å²) in [4.78, 5) is 0. The third kappa shape index (κ3) is 2.04. The molecule has 0 amide bonds. The van der Waals surface area contributed by atoms with Crippen molar-refractivity contribution < 1.29 is 9.13 Å². The van der Waals surface area contributed by atoms with E-state index in [1.54, 1.807) is 38.3 Å². The molecule has 0 aliphatic carbocycles. The zero-order chi connectivity index (χ0) is 10.8. The van der Waals surface area contributed by atoms with Crippen LogP contribution in [-0.4, -0.2) is 13.2 Å². The number of halogens is 1. The van der Waals surface area contributed by atoms with Crippen molar-refractivity contribution in [1.82, 2.24) is 0 Å². The maximum atomic E-state index is 14.0. The van der Waals surface area contributed by atoms with E-state index < -0.39 is 11.7 Å². The second kappa shape index (κ2) is 3.96. The second-order valence-electron chi connectivity index (χ2n) is 3.59. The average molecular weight is 197 g/mol. The number of rotatable bonds is 3. The van der Waals surface area contributed by atoms with Crippen LogP contribution in [0.3, 0.4) is 0 Å². The molecule has 0 saturated carbocycles. The van der Waals surface area contributed by atoms with Gasteiger partial charge in [-0.3, -0.25) is 0 Å². The SMILES string of the molecule is COc1ccc(C(C)(F)C(C)N)cc1. The van der Waals surface area contributed by atoms with Crippen LogP contribution in [0.2, 0.25) is 0 Å². The Morgan fingerprint density at radius 2 is 1.86 bits per heavy atom. The van der Waals surface area contributed by atoms with Crippen LogP contribution in [0.4, 0.5) is 4.39 Å². The van der Waals surface area contributed by atoms with Gasteiger partial charge < -0.3 is 10.5 Å². The lowest BCUT2D eigenvalue weighted by molar-refractivity contribution is 0.158. The van der Waals surface area contributed by atoms with Gasteiger partial charge in [0.25, 0.3) is 0 Å². The lowest BCUT2D eigenvalue weighted by Gasteiger charge is -2.25. The van der Waals surface area contributed by atoms with Crippen LogP contribution in [0.25, 0.3) is 0 Å². The molecular weight excluding hydrogens is 181 g/mol. The van der Waals surface area contributed by atoms with Crippen molar-refractivity contribution in [2.45, 2.75) is 25.6 Å². The minimum Gasteiger partial charge on any atom is -0.497 e. The first-order valence-electron chi connectivity index (χ1n) is 4.57. The van der Waals surface area contributed by atoms with Crippen LogP contribution in [0.5, 0.6) is 5.75 Å². The van der Waals surface area contributed by atoms with Crippen LogP contribution in [0.15, 0.2) is 24.3 Å². The molecular formula is C11H16FNO. The molecule has 2 nitrogen and oxygen atoms in total. The van der Waals surface area contributed by atoms with Gasteiger partial charge >= 0.3 is 0 Å². The Kier molecular flexibility index (Phi) is 3.11. The number of benzene rings is 1. The van der Waals surface area contributed by atoms with Crippen LogP contribution in [0.1, 0.15) is 19.4 Å². The summed E-state index contributed by atoms with van der Waals surface area (Å²) in [6, 6.07) is 6.33. The standard InChI is InChI=1S/C11H16FNO/c1-8(13)11(2,12)9-4-6-10(14-3)7-5-9/h4-8H,13H2,1-3H3. The van der Waals surface area contributed by atoms with Gasteiger partial charge in [-0.1, -0.05) is 12.1 Å². The first-order valence-corrected chi connectivity index (χ1v) is 4.57. The quantitative estimate of drug-likeness (QED) is 0.806. The first-order chi connectivity index (χ1) is 6.48. The average Bonchev–Trinajstić information content (AvgIpc) is 2.17. The van der Waals surface area contributed by atoms with Gasteiger partial charge in [-0.2, -0.15) is 0 Å². The number of nitrogens with two attached hydrogens (primary N) is 1. The highest BCUT2D eigenvalue weighted by Crippen LogP contribution is 2.29. The summed E-state index contributed by atoms with van der Waals surface area (Å²) in [5.41, 5.74) is 4.65. The normalized spacial score (nSPS) is 17.2. The van der Waals surface area contributed by atoms with Gasteiger partial charge in [0.15, 0.2) is 0 Å². The molecule has 0 heterocycles. The van der Waals surface area contributed by atoms with E-state index in [-0.39, 0.29) is 0 Å². The Morgan fingerprint density at radius 1 is 1.36 bits per heavy atom. The first kappa shape index (κ1) is 11.0. The van der Waals surface area contributed by atoms with Gasteiger partial charge in [0.1, 0.15) is 11.4 Å². The fourth-order valence-corrected chi connectivity index (χ4v) is 1.18. The van der Waals surface area contributed by atoms with Crippen LogP contribution in [0, 0.1) is 0 Å². The van der Waals surface area contributed by atoms with E-state index in [0.29, 0.717) is 11.3 Å². The largest absolute Gasteiger partial charge is 0.497 e. The van der Waals surface area contributed by atoms with Crippen molar-refractivity contribution in [2.75, 3.05) is 7.11 Å². The summed E-state index contributed by atoms with van der Waals surface area (Å²) in [7, 11) is 1.58. The molecule has 3 heteroatoms. The maximum absolute atomic E-state index is 14.0. The molecule has 1 aromatic rings. The predicted molar refractivity (Wildman–Crippen MR) is 55.1 cm³/mol. The van der Waals surface area contributed by atoms with E-state index in [1.165, 1.54) is 6.92 Å². The minimum atomic E-state index is -1.49. The monoisotopic (exact) mass is 197 g/mol. The number of ether oxygens (including phenoxy) is 1. The van der Waals surface area contributed by atoms with Gasteiger partial charge in [-0.05, 0) is 31.5 Å². The van der Waals surface area contributed by atoms with Crippen LogP contribution < -0.4 is 10.5 Å². The molecule has 2 N–H and O–H groups in total. The summed E-state index contributed by atoms with van der Waals surface area (Å²) in [6.45, 7) is 3.14. The molecule has 0 fully saturated rings. The predicted octanol–water partition coefficient (Wildman–Crippen LogP) is 2.23. The van der Waals surface area contributed by atoms with Gasteiger partial charge in [0.2, 0.25) is 0 Å². The number of hydrogen-bond donors (Lipinski definition) is 1. The molecule has 14 heavy (non-hydrogen) atoms. The zero-order valence-electron chi connectivity index (χ0n) is 8.75. The number of hydrogen-bond acceptors (Lipinski definition) is 2. The smallest absolute Gasteiger partial charge is 0.147 e. The lowest BCUT2D eigenvalue weighted by atomic mass is 9.91. The highest BCUT2D eigenvalue weighted by atomic mass is 19.1. The molecule has 1 rings (SSSR count). The molecule has 0 aliphatic rings. The van der Waals surface area contributed by atoms with Gasteiger partial charge in [-0.15, -0.1) is 0 Å². The number of alkyl halides is 1. The molecule has 0 bridgehead atoms. The molecule has 0 spiro atoms. The van der Waals surface area contributed by atoms with Gasteiger partial charge in [0, 0.05) is 6.04 Å². The molecule has 0 aliphatic heterocycles. The summed E-state index contributed by atoms with van der Waals surface area (Å²) < 4.78 is 19.0.